The molecule has 0 amide bonds. The Kier molecular flexibility index (Phi) is 3.39. The Morgan fingerprint density at radius 2 is 1.94 bits per heavy atom. The van der Waals surface area contributed by atoms with Gasteiger partial charge in [-0.2, -0.15) is 0 Å². The van der Waals surface area contributed by atoms with Gasteiger partial charge in [0.25, 0.3) is 0 Å². The molecule has 1 fully saturated rings. The number of hydrogen-bond acceptors (Lipinski definition) is 2. The third-order valence-electron chi connectivity index (χ3n) is 3.02. The summed E-state index contributed by atoms with van der Waals surface area (Å²) in [7, 11) is 0. The quantitative estimate of drug-likeness (QED) is 0.814. The van der Waals surface area contributed by atoms with Gasteiger partial charge in [-0.15, -0.1) is 0 Å². The van der Waals surface area contributed by atoms with E-state index in [0.29, 0.717) is 6.42 Å². The second-order valence-corrected chi connectivity index (χ2v) is 4.20. The largest absolute Gasteiger partial charge is 0.391 e. The highest BCUT2D eigenvalue weighted by molar-refractivity contribution is 5.46. The number of aliphatic hydroxyl groups excluding tert-OH is 1. The fourth-order valence-corrected chi connectivity index (χ4v) is 2.09. The van der Waals surface area contributed by atoms with E-state index in [-0.39, 0.29) is 11.7 Å². The zero-order valence-corrected chi connectivity index (χ0v) is 8.92. The van der Waals surface area contributed by atoms with E-state index in [1.807, 2.05) is 0 Å². The van der Waals surface area contributed by atoms with E-state index in [2.05, 4.69) is 5.32 Å². The Balaban J connectivity index is 2.10. The maximum atomic E-state index is 13.4. The molecule has 0 unspecified atom stereocenters. The van der Waals surface area contributed by atoms with Crippen LogP contribution in [0.15, 0.2) is 18.2 Å². The molecule has 1 aromatic carbocycles. The zero-order chi connectivity index (χ0) is 11.5. The average molecular weight is 227 g/mol. The first-order valence-corrected chi connectivity index (χ1v) is 5.57. The molecule has 0 aromatic heterocycles. The summed E-state index contributed by atoms with van der Waals surface area (Å²) < 4.78 is 26.3. The molecule has 16 heavy (non-hydrogen) atoms. The van der Waals surface area contributed by atoms with Crippen LogP contribution in [0.5, 0.6) is 0 Å². The van der Waals surface area contributed by atoms with Crippen LogP contribution in [0.4, 0.5) is 14.5 Å². The Labute approximate surface area is 93.3 Å². The normalized spacial score (nSPS) is 25.4. The Hall–Kier alpha value is -1.16. The molecule has 0 saturated heterocycles. The maximum Gasteiger partial charge on any atom is 0.181 e. The van der Waals surface area contributed by atoms with Crippen LogP contribution >= 0.6 is 0 Å². The van der Waals surface area contributed by atoms with Crippen LogP contribution in [0, 0.1) is 11.6 Å². The number of rotatable bonds is 2. The smallest absolute Gasteiger partial charge is 0.181 e. The van der Waals surface area contributed by atoms with Gasteiger partial charge >= 0.3 is 0 Å². The third kappa shape index (κ3) is 2.32. The minimum absolute atomic E-state index is 0.131. The number of halogens is 2. The van der Waals surface area contributed by atoms with Gasteiger partial charge in [0.1, 0.15) is 0 Å². The van der Waals surface area contributed by atoms with Crippen LogP contribution in [-0.4, -0.2) is 17.3 Å². The molecule has 1 aliphatic carbocycles. The molecular formula is C12H15F2NO. The lowest BCUT2D eigenvalue weighted by Gasteiger charge is -2.29. The lowest BCUT2D eigenvalue weighted by atomic mass is 9.92. The van der Waals surface area contributed by atoms with E-state index >= 15 is 0 Å². The fraction of sp³-hybridized carbons (Fsp3) is 0.500. The summed E-state index contributed by atoms with van der Waals surface area (Å²) in [6.07, 6.45) is 3.03. The molecule has 0 spiro atoms. The van der Waals surface area contributed by atoms with Crippen LogP contribution in [-0.2, 0) is 0 Å². The van der Waals surface area contributed by atoms with Gasteiger partial charge in [-0.25, -0.2) is 8.78 Å². The number of anilines is 1. The van der Waals surface area contributed by atoms with Crippen molar-refractivity contribution in [3.8, 4) is 0 Å². The van der Waals surface area contributed by atoms with E-state index in [1.54, 1.807) is 0 Å². The minimum Gasteiger partial charge on any atom is -0.391 e. The van der Waals surface area contributed by atoms with Crippen LogP contribution in [0.1, 0.15) is 25.7 Å². The molecule has 88 valence electrons. The molecule has 2 nitrogen and oxygen atoms in total. The van der Waals surface area contributed by atoms with Gasteiger partial charge in [0, 0.05) is 0 Å². The Morgan fingerprint density at radius 1 is 1.19 bits per heavy atom. The van der Waals surface area contributed by atoms with Gasteiger partial charge in [-0.05, 0) is 25.0 Å². The van der Waals surface area contributed by atoms with Crippen LogP contribution in [0.25, 0.3) is 0 Å². The average Bonchev–Trinajstić information content (AvgIpc) is 2.28. The molecule has 4 heteroatoms. The summed E-state index contributed by atoms with van der Waals surface area (Å²) >= 11 is 0. The summed E-state index contributed by atoms with van der Waals surface area (Å²) in [4.78, 5) is 0. The van der Waals surface area contributed by atoms with Gasteiger partial charge in [-0.3, -0.25) is 0 Å². The van der Waals surface area contributed by atoms with E-state index in [0.717, 1.165) is 25.3 Å². The van der Waals surface area contributed by atoms with Crippen molar-refractivity contribution in [2.24, 2.45) is 0 Å². The van der Waals surface area contributed by atoms with Crippen LogP contribution in [0.3, 0.4) is 0 Å². The highest BCUT2D eigenvalue weighted by atomic mass is 19.2. The van der Waals surface area contributed by atoms with Crippen molar-refractivity contribution in [2.75, 3.05) is 5.32 Å². The number of benzene rings is 1. The molecule has 0 radical (unpaired) electrons. The highest BCUT2D eigenvalue weighted by Gasteiger charge is 2.23. The summed E-state index contributed by atoms with van der Waals surface area (Å²) in [5.41, 5.74) is 0.131. The molecule has 1 saturated carbocycles. The van der Waals surface area contributed by atoms with Gasteiger partial charge in [0.05, 0.1) is 17.8 Å². The summed E-state index contributed by atoms with van der Waals surface area (Å²) in [6.45, 7) is 0. The van der Waals surface area contributed by atoms with Crippen molar-refractivity contribution < 1.29 is 13.9 Å². The first-order chi connectivity index (χ1) is 7.68. The topological polar surface area (TPSA) is 32.3 Å². The first-order valence-electron chi connectivity index (χ1n) is 5.57. The monoisotopic (exact) mass is 227 g/mol. The van der Waals surface area contributed by atoms with E-state index in [1.165, 1.54) is 12.1 Å². The minimum atomic E-state index is -0.875. The molecule has 0 bridgehead atoms. The lowest BCUT2D eigenvalue weighted by molar-refractivity contribution is 0.116. The Bertz CT molecular complexity index is 370. The predicted octanol–water partition coefficient (Wildman–Crippen LogP) is 2.68. The summed E-state index contributed by atoms with van der Waals surface area (Å²) in [5, 5.41) is 12.6. The standard InChI is InChI=1S/C12H15F2NO/c13-8-4-3-6-10(12(8)14)15-9-5-1-2-7-11(9)16/h3-4,6,9,11,15-16H,1-2,5,7H2/t9-,11-/m1/s1. The van der Waals surface area contributed by atoms with Crippen molar-refractivity contribution in [1.29, 1.82) is 0 Å². The molecular weight excluding hydrogens is 212 g/mol. The molecule has 0 heterocycles. The number of hydrogen-bond donors (Lipinski definition) is 2. The number of nitrogens with one attached hydrogen (secondary N) is 1. The highest BCUT2D eigenvalue weighted by Crippen LogP contribution is 2.24. The predicted molar refractivity (Wildman–Crippen MR) is 58.2 cm³/mol. The van der Waals surface area contributed by atoms with Gasteiger partial charge in [0.2, 0.25) is 0 Å². The maximum absolute atomic E-state index is 13.4. The van der Waals surface area contributed by atoms with Crippen LogP contribution < -0.4 is 5.32 Å². The molecule has 2 rings (SSSR count). The van der Waals surface area contributed by atoms with E-state index in [9.17, 15) is 13.9 Å². The molecule has 1 aliphatic rings. The van der Waals surface area contributed by atoms with Gasteiger partial charge in [0.15, 0.2) is 11.6 Å². The molecule has 1 aromatic rings. The Morgan fingerprint density at radius 3 is 2.69 bits per heavy atom. The van der Waals surface area contributed by atoms with Crippen molar-refractivity contribution >= 4 is 5.69 Å². The van der Waals surface area contributed by atoms with E-state index < -0.39 is 17.7 Å². The zero-order valence-electron chi connectivity index (χ0n) is 8.92. The van der Waals surface area contributed by atoms with Crippen LogP contribution in [0.2, 0.25) is 0 Å². The second kappa shape index (κ2) is 4.78. The molecule has 0 aliphatic heterocycles. The lowest BCUT2D eigenvalue weighted by Crippen LogP contribution is -2.36. The van der Waals surface area contributed by atoms with Crippen molar-refractivity contribution in [3.63, 3.8) is 0 Å². The fourth-order valence-electron chi connectivity index (χ4n) is 2.09. The van der Waals surface area contributed by atoms with E-state index in [4.69, 9.17) is 0 Å². The number of aliphatic hydroxyl groups is 1. The first kappa shape index (κ1) is 11.3. The van der Waals surface area contributed by atoms with Gasteiger partial charge in [-0.1, -0.05) is 18.9 Å². The van der Waals surface area contributed by atoms with Crippen molar-refractivity contribution in [2.45, 2.75) is 37.8 Å². The van der Waals surface area contributed by atoms with Gasteiger partial charge < -0.3 is 10.4 Å². The van der Waals surface area contributed by atoms with Crippen molar-refractivity contribution in [1.82, 2.24) is 0 Å². The summed E-state index contributed by atoms with van der Waals surface area (Å²) in [5.74, 6) is -1.74. The molecule has 2 atom stereocenters. The summed E-state index contributed by atoms with van der Waals surface area (Å²) in [6, 6.07) is 3.85. The third-order valence-corrected chi connectivity index (χ3v) is 3.02. The molecule has 2 N–H and O–H groups in total. The van der Waals surface area contributed by atoms with Crippen molar-refractivity contribution in [3.05, 3.63) is 29.8 Å². The second-order valence-electron chi connectivity index (χ2n) is 4.20. The SMILES string of the molecule is O[C@@H]1CCCC[C@H]1Nc1cccc(F)c1F.